The number of aryl methyl sites for hydroxylation is 2. The molecule has 2 aromatic carbocycles. The fraction of sp³-hybridized carbons (Fsp3) is 0.278. The first-order valence-electron chi connectivity index (χ1n) is 7.46. The van der Waals surface area contributed by atoms with Crippen molar-refractivity contribution in [2.24, 2.45) is 0 Å². The van der Waals surface area contributed by atoms with Crippen LogP contribution in [0.15, 0.2) is 53.4 Å². The van der Waals surface area contributed by atoms with Gasteiger partial charge in [-0.2, -0.15) is 0 Å². The maximum atomic E-state index is 12.4. The fourth-order valence-corrected chi connectivity index (χ4v) is 4.07. The predicted octanol–water partition coefficient (Wildman–Crippen LogP) is 3.03. The average molecular weight is 332 g/mol. The van der Waals surface area contributed by atoms with Crippen LogP contribution in [0.2, 0.25) is 0 Å². The van der Waals surface area contributed by atoms with Gasteiger partial charge in [0.05, 0.1) is 17.1 Å². The summed E-state index contributed by atoms with van der Waals surface area (Å²) in [5, 5.41) is 8.73. The van der Waals surface area contributed by atoms with Crippen molar-refractivity contribution >= 4 is 15.8 Å². The lowest BCUT2D eigenvalue weighted by Gasteiger charge is -2.08. The zero-order valence-electron chi connectivity index (χ0n) is 13.0. The second-order valence-corrected chi connectivity index (χ2v) is 7.65. The van der Waals surface area contributed by atoms with Crippen molar-refractivity contribution in [2.45, 2.75) is 31.1 Å². The van der Waals surface area contributed by atoms with Crippen LogP contribution >= 0.6 is 0 Å². The largest absolute Gasteiger partial charge is 0.481 e. The van der Waals surface area contributed by atoms with E-state index in [0.717, 1.165) is 16.7 Å². The lowest BCUT2D eigenvalue weighted by Crippen LogP contribution is -2.09. The summed E-state index contributed by atoms with van der Waals surface area (Å²) in [6, 6.07) is 14.3. The summed E-state index contributed by atoms with van der Waals surface area (Å²) in [4.78, 5) is 11.0. The number of benzene rings is 2. The number of sulfone groups is 1. The van der Waals surface area contributed by atoms with Gasteiger partial charge in [0.2, 0.25) is 0 Å². The molecule has 0 aromatic heterocycles. The Kier molecular flexibility index (Phi) is 5.55. The maximum absolute atomic E-state index is 12.4. The van der Waals surface area contributed by atoms with Crippen LogP contribution < -0.4 is 0 Å². The molecule has 0 aliphatic carbocycles. The minimum atomic E-state index is -3.26. The van der Waals surface area contributed by atoms with Gasteiger partial charge in [-0.15, -0.1) is 0 Å². The van der Waals surface area contributed by atoms with Crippen LogP contribution in [-0.2, 0) is 27.5 Å². The van der Waals surface area contributed by atoms with E-state index in [2.05, 4.69) is 0 Å². The van der Waals surface area contributed by atoms with E-state index < -0.39 is 15.8 Å². The van der Waals surface area contributed by atoms with E-state index in [1.165, 1.54) is 0 Å². The predicted molar refractivity (Wildman–Crippen MR) is 89.3 cm³/mol. The Labute approximate surface area is 136 Å². The van der Waals surface area contributed by atoms with Gasteiger partial charge in [-0.3, -0.25) is 4.79 Å². The molecule has 0 unspecified atom stereocenters. The first-order chi connectivity index (χ1) is 10.9. The Bertz CT molecular complexity index is 777. The van der Waals surface area contributed by atoms with Gasteiger partial charge in [0.15, 0.2) is 9.84 Å². The standard InChI is InChI=1S/C18H20O4S/c1-14-5-2-3-7-17(14)23(21,22)12-4-6-15-8-10-16(11-9-15)13-18(19)20/h2-3,5,7-11H,4,6,12-13H2,1H3,(H,19,20). The highest BCUT2D eigenvalue weighted by atomic mass is 32.2. The van der Waals surface area contributed by atoms with Gasteiger partial charge in [-0.05, 0) is 42.5 Å². The van der Waals surface area contributed by atoms with Gasteiger partial charge >= 0.3 is 5.97 Å². The number of carbonyl (C=O) groups is 1. The van der Waals surface area contributed by atoms with E-state index >= 15 is 0 Å². The molecule has 23 heavy (non-hydrogen) atoms. The zero-order chi connectivity index (χ0) is 16.9. The minimum absolute atomic E-state index is 0.00193. The van der Waals surface area contributed by atoms with Crippen molar-refractivity contribution in [1.29, 1.82) is 0 Å². The van der Waals surface area contributed by atoms with Crippen LogP contribution in [0.4, 0.5) is 0 Å². The molecular weight excluding hydrogens is 312 g/mol. The monoisotopic (exact) mass is 332 g/mol. The highest BCUT2D eigenvalue weighted by molar-refractivity contribution is 7.91. The van der Waals surface area contributed by atoms with Crippen molar-refractivity contribution in [3.63, 3.8) is 0 Å². The lowest BCUT2D eigenvalue weighted by atomic mass is 10.1. The molecule has 122 valence electrons. The molecule has 0 radical (unpaired) electrons. The zero-order valence-corrected chi connectivity index (χ0v) is 13.8. The third-order valence-corrected chi connectivity index (χ3v) is 5.64. The van der Waals surface area contributed by atoms with Crippen LogP contribution in [0.5, 0.6) is 0 Å². The topological polar surface area (TPSA) is 71.4 Å². The molecule has 0 bridgehead atoms. The van der Waals surface area contributed by atoms with Crippen molar-refractivity contribution in [1.82, 2.24) is 0 Å². The molecule has 5 heteroatoms. The molecule has 0 heterocycles. The molecule has 0 aliphatic rings. The van der Waals surface area contributed by atoms with Crippen molar-refractivity contribution in [3.8, 4) is 0 Å². The van der Waals surface area contributed by atoms with E-state index in [0.29, 0.717) is 17.7 Å². The third kappa shape index (κ3) is 4.93. The maximum Gasteiger partial charge on any atom is 0.307 e. The highest BCUT2D eigenvalue weighted by Crippen LogP contribution is 2.17. The van der Waals surface area contributed by atoms with Crippen molar-refractivity contribution < 1.29 is 18.3 Å². The van der Waals surface area contributed by atoms with Gasteiger partial charge in [-0.25, -0.2) is 8.42 Å². The Morgan fingerprint density at radius 2 is 1.61 bits per heavy atom. The lowest BCUT2D eigenvalue weighted by molar-refractivity contribution is -0.136. The molecule has 1 N–H and O–H groups in total. The van der Waals surface area contributed by atoms with Gasteiger partial charge in [0.25, 0.3) is 0 Å². The van der Waals surface area contributed by atoms with Crippen LogP contribution in [0.1, 0.15) is 23.1 Å². The molecule has 0 spiro atoms. The molecular formula is C18H20O4S. The van der Waals surface area contributed by atoms with Gasteiger partial charge in [0, 0.05) is 0 Å². The first-order valence-corrected chi connectivity index (χ1v) is 9.12. The summed E-state index contributed by atoms with van der Waals surface area (Å²) in [5.41, 5.74) is 2.53. The SMILES string of the molecule is Cc1ccccc1S(=O)(=O)CCCc1ccc(CC(=O)O)cc1. The van der Waals surface area contributed by atoms with Crippen molar-refractivity contribution in [2.75, 3.05) is 5.75 Å². The number of hydrogen-bond donors (Lipinski definition) is 1. The summed E-state index contributed by atoms with van der Waals surface area (Å²) in [5.74, 6) is -0.753. The summed E-state index contributed by atoms with van der Waals surface area (Å²) in [6.45, 7) is 1.80. The molecule has 2 aromatic rings. The Hall–Kier alpha value is -2.14. The number of carboxylic acid groups (broad SMARTS) is 1. The van der Waals surface area contributed by atoms with E-state index in [9.17, 15) is 13.2 Å². The minimum Gasteiger partial charge on any atom is -0.481 e. The molecule has 0 saturated carbocycles. The molecule has 0 saturated heterocycles. The second-order valence-electron chi connectivity index (χ2n) is 5.57. The third-order valence-electron chi connectivity index (χ3n) is 3.69. The Morgan fingerprint density at radius 1 is 1.00 bits per heavy atom. The molecule has 0 amide bonds. The summed E-state index contributed by atoms with van der Waals surface area (Å²) in [6.07, 6.45) is 1.19. The highest BCUT2D eigenvalue weighted by Gasteiger charge is 2.16. The van der Waals surface area contributed by atoms with E-state index in [1.54, 1.807) is 37.3 Å². The molecule has 0 fully saturated rings. The van der Waals surface area contributed by atoms with Crippen LogP contribution in [-0.4, -0.2) is 25.2 Å². The second kappa shape index (κ2) is 7.42. The number of aliphatic carboxylic acids is 1. The van der Waals surface area contributed by atoms with Gasteiger partial charge in [0.1, 0.15) is 0 Å². The van der Waals surface area contributed by atoms with Gasteiger partial charge in [-0.1, -0.05) is 42.5 Å². The smallest absolute Gasteiger partial charge is 0.307 e. The summed E-state index contributed by atoms with van der Waals surface area (Å²) < 4.78 is 24.7. The molecule has 2 rings (SSSR count). The fourth-order valence-electron chi connectivity index (χ4n) is 2.48. The molecule has 4 nitrogen and oxygen atoms in total. The average Bonchev–Trinajstić information content (AvgIpc) is 2.48. The van der Waals surface area contributed by atoms with Crippen LogP contribution in [0.25, 0.3) is 0 Å². The number of rotatable bonds is 7. The van der Waals surface area contributed by atoms with Crippen LogP contribution in [0, 0.1) is 6.92 Å². The summed E-state index contributed by atoms with van der Waals surface area (Å²) >= 11 is 0. The van der Waals surface area contributed by atoms with Crippen LogP contribution in [0.3, 0.4) is 0 Å². The number of carboxylic acids is 1. The van der Waals surface area contributed by atoms with E-state index in [-0.39, 0.29) is 12.2 Å². The van der Waals surface area contributed by atoms with E-state index in [1.807, 2.05) is 18.2 Å². The normalized spacial score (nSPS) is 11.3. The Morgan fingerprint density at radius 3 is 2.22 bits per heavy atom. The first kappa shape index (κ1) is 17.2. The number of hydrogen-bond acceptors (Lipinski definition) is 3. The molecule has 0 aliphatic heterocycles. The molecule has 0 atom stereocenters. The Balaban J connectivity index is 1.94. The van der Waals surface area contributed by atoms with Crippen molar-refractivity contribution in [3.05, 3.63) is 65.2 Å². The van der Waals surface area contributed by atoms with Gasteiger partial charge < -0.3 is 5.11 Å². The van der Waals surface area contributed by atoms with E-state index in [4.69, 9.17) is 5.11 Å². The summed E-state index contributed by atoms with van der Waals surface area (Å²) in [7, 11) is -3.26. The quantitative estimate of drug-likeness (QED) is 0.846.